The number of hydrogen-bond donors (Lipinski definition) is 0. The molecule has 7 aromatic rings. The van der Waals surface area contributed by atoms with Gasteiger partial charge in [-0.2, -0.15) is 17.6 Å². The summed E-state index contributed by atoms with van der Waals surface area (Å²) in [6.45, 7) is 16.0. The molecule has 0 fully saturated rings. The quantitative estimate of drug-likeness (QED) is 0.0846. The Labute approximate surface area is 414 Å². The summed E-state index contributed by atoms with van der Waals surface area (Å²) in [5.41, 5.74) is -0.452. The fourth-order valence-corrected chi connectivity index (χ4v) is 6.84. The van der Waals surface area contributed by atoms with Crippen molar-refractivity contribution in [3.05, 3.63) is 202 Å². The van der Waals surface area contributed by atoms with Crippen molar-refractivity contribution >= 4 is 0 Å². The van der Waals surface area contributed by atoms with Gasteiger partial charge in [-0.15, -0.1) is 0 Å². The smallest absolute Gasteiger partial charge is 0.429 e. The van der Waals surface area contributed by atoms with E-state index in [1.165, 1.54) is 12.1 Å². The number of halogens is 15. The van der Waals surface area contributed by atoms with Gasteiger partial charge in [-0.05, 0) is 82.1 Å². The largest absolute Gasteiger partial charge is 0.432 e. The summed E-state index contributed by atoms with van der Waals surface area (Å²) in [6, 6.07) is 21.0. The van der Waals surface area contributed by atoms with Crippen molar-refractivity contribution in [1.29, 1.82) is 0 Å². The van der Waals surface area contributed by atoms with Crippen LogP contribution in [0, 0.1) is 64.0 Å². The van der Waals surface area contributed by atoms with Crippen molar-refractivity contribution in [2.45, 2.75) is 93.3 Å². The molecule has 0 unspecified atom stereocenters. The summed E-state index contributed by atoms with van der Waals surface area (Å²) in [5, 5.41) is 0. The summed E-state index contributed by atoms with van der Waals surface area (Å²) in [5.74, 6) is -21.1. The van der Waals surface area contributed by atoms with Gasteiger partial charge in [0.25, 0.3) is 0 Å². The van der Waals surface area contributed by atoms with Gasteiger partial charge in [0.05, 0.1) is 0 Å². The van der Waals surface area contributed by atoms with E-state index < -0.39 is 98.8 Å². The molecule has 0 aliphatic heterocycles. The van der Waals surface area contributed by atoms with Crippen molar-refractivity contribution < 1.29 is 75.3 Å². The van der Waals surface area contributed by atoms with Crippen LogP contribution < -0.4 is 9.47 Å². The molecule has 0 amide bonds. The Morgan fingerprint density at radius 3 is 0.932 bits per heavy atom. The predicted octanol–water partition coefficient (Wildman–Crippen LogP) is 19.1. The highest BCUT2D eigenvalue weighted by atomic mass is 19.3. The van der Waals surface area contributed by atoms with Crippen LogP contribution in [-0.4, -0.2) is 0 Å². The molecule has 392 valence electrons. The Kier molecular flexibility index (Phi) is 22.5. The summed E-state index contributed by atoms with van der Waals surface area (Å²) >= 11 is 0. The van der Waals surface area contributed by atoms with Crippen molar-refractivity contribution in [3.8, 4) is 44.9 Å². The van der Waals surface area contributed by atoms with Crippen LogP contribution in [0.5, 0.6) is 11.5 Å². The Balaban J connectivity index is 0.000000356. The highest BCUT2D eigenvalue weighted by molar-refractivity contribution is 5.72. The van der Waals surface area contributed by atoms with Gasteiger partial charge in [-0.1, -0.05) is 129 Å². The maximum Gasteiger partial charge on any atom is 0.432 e. The fourth-order valence-electron chi connectivity index (χ4n) is 6.84. The van der Waals surface area contributed by atoms with E-state index in [9.17, 15) is 65.9 Å². The molecule has 0 bridgehead atoms. The summed E-state index contributed by atoms with van der Waals surface area (Å²) in [6.07, 6.45) is -5.77. The maximum absolute atomic E-state index is 14.9. The molecule has 2 nitrogen and oxygen atoms in total. The summed E-state index contributed by atoms with van der Waals surface area (Å²) < 4.78 is 218. The number of alkyl halides is 4. The summed E-state index contributed by atoms with van der Waals surface area (Å²) in [7, 11) is 0. The first-order valence-electron chi connectivity index (χ1n) is 23.0. The zero-order valence-electron chi connectivity index (χ0n) is 40.8. The fraction of sp³-hybridized carbons (Fsp3) is 0.250. The number of aryl methyl sites for hydroxylation is 2. The normalized spacial score (nSPS) is 10.9. The first-order valence-corrected chi connectivity index (χ1v) is 23.0. The lowest BCUT2D eigenvalue weighted by Gasteiger charge is -2.20. The number of ether oxygens (including phenoxy) is 2. The molecular weight excluding hydrogens is 990 g/mol. The molecule has 0 saturated heterocycles. The zero-order chi connectivity index (χ0) is 55.0. The molecule has 0 saturated carbocycles. The monoisotopic (exact) mass is 1040 g/mol. The van der Waals surface area contributed by atoms with Crippen molar-refractivity contribution in [3.63, 3.8) is 0 Å². The molecule has 0 aliphatic rings. The third kappa shape index (κ3) is 15.3. The highest BCUT2D eigenvalue weighted by Gasteiger charge is 2.43. The predicted molar refractivity (Wildman–Crippen MR) is 253 cm³/mol. The van der Waals surface area contributed by atoms with E-state index in [1.807, 2.05) is 79.7 Å². The van der Waals surface area contributed by atoms with Crippen LogP contribution in [0.15, 0.2) is 115 Å². The van der Waals surface area contributed by atoms with Gasteiger partial charge in [-0.3, -0.25) is 0 Å². The van der Waals surface area contributed by atoms with Crippen LogP contribution in [0.2, 0.25) is 0 Å². The second-order valence-electron chi connectivity index (χ2n) is 14.9. The highest BCUT2D eigenvalue weighted by Crippen LogP contribution is 2.40. The van der Waals surface area contributed by atoms with Gasteiger partial charge in [0.1, 0.15) is 51.7 Å². The average Bonchev–Trinajstić information content (AvgIpc) is 3.34. The third-order valence-corrected chi connectivity index (χ3v) is 10.0. The van der Waals surface area contributed by atoms with Gasteiger partial charge in [0.15, 0.2) is 34.9 Å². The molecule has 0 aromatic heterocycles. The molecular formula is C56H51F15O2. The molecule has 7 aromatic carbocycles. The molecule has 7 rings (SSSR count). The van der Waals surface area contributed by atoms with Gasteiger partial charge in [0.2, 0.25) is 0 Å². The Hall–Kier alpha value is -6.91. The van der Waals surface area contributed by atoms with E-state index in [-0.39, 0.29) is 41.0 Å². The van der Waals surface area contributed by atoms with Crippen LogP contribution >= 0.6 is 0 Å². The number of rotatable bonds is 13. The second kappa shape index (κ2) is 27.2. The van der Waals surface area contributed by atoms with E-state index in [2.05, 4.69) is 9.47 Å². The lowest BCUT2D eigenvalue weighted by atomic mass is 9.97. The topological polar surface area (TPSA) is 18.5 Å². The first kappa shape index (κ1) is 60.4. The Morgan fingerprint density at radius 1 is 0.329 bits per heavy atom. The minimum atomic E-state index is -4.74. The second-order valence-corrected chi connectivity index (χ2v) is 14.9. The van der Waals surface area contributed by atoms with Gasteiger partial charge < -0.3 is 9.47 Å². The van der Waals surface area contributed by atoms with Crippen molar-refractivity contribution in [2.75, 3.05) is 0 Å². The van der Waals surface area contributed by atoms with Crippen LogP contribution in [0.3, 0.4) is 0 Å². The van der Waals surface area contributed by atoms with Crippen LogP contribution in [0.4, 0.5) is 65.9 Å². The van der Waals surface area contributed by atoms with E-state index in [0.717, 1.165) is 42.9 Å². The van der Waals surface area contributed by atoms with E-state index in [4.69, 9.17) is 0 Å². The van der Waals surface area contributed by atoms with E-state index >= 15 is 0 Å². The SMILES string of the molecule is CC.CC.CC.CCCc1ccc(-c2cc(F)c(C(F)(F)Oc3cc(F)c(F)c(F)c3)c(F)c2)cc1.CCCc1ccc(-c2ccc(-c3cc(F)c(C(F)(F)Oc4cc(F)c(F)c(F)c4)c(F)c3)c(F)c2)cc1. The number of hydrogen-bond acceptors (Lipinski definition) is 2. The van der Waals surface area contributed by atoms with Crippen LogP contribution in [0.25, 0.3) is 33.4 Å². The van der Waals surface area contributed by atoms with Gasteiger partial charge in [-0.25, -0.2) is 48.3 Å². The molecule has 0 radical (unpaired) electrons. The minimum Gasteiger partial charge on any atom is -0.429 e. The minimum absolute atomic E-state index is 0.0199. The van der Waals surface area contributed by atoms with Gasteiger partial charge >= 0.3 is 12.2 Å². The third-order valence-electron chi connectivity index (χ3n) is 10.0. The first-order chi connectivity index (χ1) is 34.6. The number of benzene rings is 7. The van der Waals surface area contributed by atoms with Gasteiger partial charge in [0, 0.05) is 29.8 Å². The zero-order valence-corrected chi connectivity index (χ0v) is 40.8. The molecule has 0 N–H and O–H groups in total. The standard InChI is InChI=1S/C28H18F8O.C22H15F7O.3C2H6/c1-2-3-15-4-6-16(7-5-15)17-8-9-20(21(29)10-17)18-11-22(30)26(23(31)12-18)28(35,36)37-19-13-24(32)27(34)25(33)14-19;1-2-3-12-4-6-13(7-5-12)14-8-16(23)20(17(24)9-14)22(28,29)30-15-10-18(25)21(27)19(26)11-15;3*1-2/h4-14H,2-3H2,1H3;4-11H,2-3H2,1H3;3*1-2H3. The maximum atomic E-state index is 14.9. The molecule has 17 heteroatoms. The summed E-state index contributed by atoms with van der Waals surface area (Å²) in [4.78, 5) is 0. The molecule has 0 spiro atoms. The van der Waals surface area contributed by atoms with E-state index in [0.29, 0.717) is 41.0 Å². The Bertz CT molecular complexity index is 2810. The van der Waals surface area contributed by atoms with Crippen LogP contribution in [0.1, 0.15) is 90.5 Å². The Morgan fingerprint density at radius 2 is 0.616 bits per heavy atom. The van der Waals surface area contributed by atoms with Crippen molar-refractivity contribution in [1.82, 2.24) is 0 Å². The van der Waals surface area contributed by atoms with Crippen LogP contribution in [-0.2, 0) is 25.1 Å². The lowest BCUT2D eigenvalue weighted by Crippen LogP contribution is -2.25. The van der Waals surface area contributed by atoms with Crippen molar-refractivity contribution in [2.24, 2.45) is 0 Å². The average molecular weight is 1040 g/mol. The molecule has 0 heterocycles. The molecule has 0 atom stereocenters. The lowest BCUT2D eigenvalue weighted by molar-refractivity contribution is -0.190. The van der Waals surface area contributed by atoms with E-state index in [1.54, 1.807) is 24.3 Å². The molecule has 0 aliphatic carbocycles. The molecule has 73 heavy (non-hydrogen) atoms.